The second-order valence-electron chi connectivity index (χ2n) is 5.15. The average Bonchev–Trinajstić information content (AvgIpc) is 2.59. The fourth-order valence-corrected chi connectivity index (χ4v) is 3.08. The molecule has 8 nitrogen and oxygen atoms in total. The SMILES string of the molecule is COc1ccc(S(=O)(=O)NCCOc2ccc(C)cc2)cc1[N+](=O)[O-]. The van der Waals surface area contributed by atoms with E-state index in [4.69, 9.17) is 9.47 Å². The van der Waals surface area contributed by atoms with Crippen LogP contribution < -0.4 is 14.2 Å². The van der Waals surface area contributed by atoms with E-state index >= 15 is 0 Å². The number of sulfonamides is 1. The van der Waals surface area contributed by atoms with Gasteiger partial charge in [0.05, 0.1) is 16.9 Å². The molecule has 25 heavy (non-hydrogen) atoms. The van der Waals surface area contributed by atoms with Crippen LogP contribution >= 0.6 is 0 Å². The molecule has 0 amide bonds. The Morgan fingerprint density at radius 1 is 1.16 bits per heavy atom. The van der Waals surface area contributed by atoms with Gasteiger partial charge >= 0.3 is 5.69 Å². The highest BCUT2D eigenvalue weighted by molar-refractivity contribution is 7.89. The molecule has 0 aliphatic rings. The summed E-state index contributed by atoms with van der Waals surface area (Å²) in [6.07, 6.45) is 0. The maximum absolute atomic E-state index is 12.2. The van der Waals surface area contributed by atoms with Gasteiger partial charge in [-0.15, -0.1) is 0 Å². The lowest BCUT2D eigenvalue weighted by molar-refractivity contribution is -0.386. The number of nitrogens with one attached hydrogen (secondary N) is 1. The van der Waals surface area contributed by atoms with Crippen LogP contribution in [0.2, 0.25) is 0 Å². The largest absolute Gasteiger partial charge is 0.492 e. The summed E-state index contributed by atoms with van der Waals surface area (Å²) in [6, 6.07) is 10.8. The summed E-state index contributed by atoms with van der Waals surface area (Å²) in [6.45, 7) is 2.10. The number of nitro groups is 1. The number of methoxy groups -OCH3 is 1. The van der Waals surface area contributed by atoms with Crippen molar-refractivity contribution >= 4 is 15.7 Å². The van der Waals surface area contributed by atoms with Gasteiger partial charge in [0.15, 0.2) is 5.75 Å². The zero-order valence-electron chi connectivity index (χ0n) is 13.8. The molecule has 0 saturated carbocycles. The first kappa shape index (κ1) is 18.7. The molecule has 0 aliphatic carbocycles. The third kappa shape index (κ3) is 4.91. The van der Waals surface area contributed by atoms with Crippen molar-refractivity contribution in [2.75, 3.05) is 20.3 Å². The minimum Gasteiger partial charge on any atom is -0.492 e. The van der Waals surface area contributed by atoms with Gasteiger partial charge in [0.1, 0.15) is 12.4 Å². The van der Waals surface area contributed by atoms with Crippen molar-refractivity contribution in [1.82, 2.24) is 4.72 Å². The normalized spacial score (nSPS) is 11.1. The van der Waals surface area contributed by atoms with Crippen LogP contribution in [0.5, 0.6) is 11.5 Å². The lowest BCUT2D eigenvalue weighted by atomic mass is 10.2. The van der Waals surface area contributed by atoms with E-state index < -0.39 is 20.6 Å². The van der Waals surface area contributed by atoms with Crippen molar-refractivity contribution in [3.63, 3.8) is 0 Å². The lowest BCUT2D eigenvalue weighted by Crippen LogP contribution is -2.28. The van der Waals surface area contributed by atoms with E-state index in [9.17, 15) is 18.5 Å². The fraction of sp³-hybridized carbons (Fsp3) is 0.250. The monoisotopic (exact) mass is 366 g/mol. The molecule has 0 unspecified atom stereocenters. The second-order valence-corrected chi connectivity index (χ2v) is 6.92. The number of ether oxygens (including phenoxy) is 2. The second kappa shape index (κ2) is 7.95. The molecule has 0 bridgehead atoms. The average molecular weight is 366 g/mol. The van der Waals surface area contributed by atoms with Crippen LogP contribution in [0.4, 0.5) is 5.69 Å². The zero-order valence-corrected chi connectivity index (χ0v) is 14.6. The molecule has 1 N–H and O–H groups in total. The zero-order chi connectivity index (χ0) is 18.4. The van der Waals surface area contributed by atoms with E-state index in [-0.39, 0.29) is 23.8 Å². The number of aryl methyl sites for hydroxylation is 1. The topological polar surface area (TPSA) is 108 Å². The van der Waals surface area contributed by atoms with Gasteiger partial charge in [-0.25, -0.2) is 13.1 Å². The van der Waals surface area contributed by atoms with Crippen LogP contribution in [0.3, 0.4) is 0 Å². The van der Waals surface area contributed by atoms with Crippen LogP contribution in [-0.4, -0.2) is 33.6 Å². The molecule has 0 heterocycles. The van der Waals surface area contributed by atoms with Crippen molar-refractivity contribution in [2.45, 2.75) is 11.8 Å². The number of hydrogen-bond acceptors (Lipinski definition) is 6. The molecular formula is C16H18N2O6S. The summed E-state index contributed by atoms with van der Waals surface area (Å²) in [5.41, 5.74) is 0.676. The molecule has 0 aromatic heterocycles. The summed E-state index contributed by atoms with van der Waals surface area (Å²) >= 11 is 0. The highest BCUT2D eigenvalue weighted by Gasteiger charge is 2.21. The Morgan fingerprint density at radius 3 is 2.44 bits per heavy atom. The first-order valence-electron chi connectivity index (χ1n) is 7.35. The van der Waals surface area contributed by atoms with Crippen molar-refractivity contribution < 1.29 is 22.8 Å². The van der Waals surface area contributed by atoms with Gasteiger partial charge in [0.25, 0.3) is 0 Å². The minimum atomic E-state index is -3.89. The van der Waals surface area contributed by atoms with Crippen LogP contribution in [0.15, 0.2) is 47.4 Å². The van der Waals surface area contributed by atoms with Crippen molar-refractivity contribution in [3.8, 4) is 11.5 Å². The van der Waals surface area contributed by atoms with Gasteiger partial charge in [-0.3, -0.25) is 10.1 Å². The van der Waals surface area contributed by atoms with Crippen molar-refractivity contribution in [1.29, 1.82) is 0 Å². The Balaban J connectivity index is 2.00. The third-order valence-corrected chi connectivity index (χ3v) is 4.80. The molecule has 134 valence electrons. The molecular weight excluding hydrogens is 348 g/mol. The van der Waals surface area contributed by atoms with Crippen LogP contribution in [0.25, 0.3) is 0 Å². The van der Waals surface area contributed by atoms with Gasteiger partial charge in [0.2, 0.25) is 10.0 Å². The standard InChI is InChI=1S/C16H18N2O6S/c1-12-3-5-13(6-4-12)24-10-9-17-25(21,22)14-7-8-16(23-2)15(11-14)18(19)20/h3-8,11,17H,9-10H2,1-2H3. The molecule has 0 radical (unpaired) electrons. The van der Waals surface area contributed by atoms with E-state index in [1.807, 2.05) is 19.1 Å². The number of hydrogen-bond donors (Lipinski definition) is 1. The third-order valence-electron chi connectivity index (χ3n) is 3.34. The predicted molar refractivity (Wildman–Crippen MR) is 91.5 cm³/mol. The Morgan fingerprint density at radius 2 is 1.84 bits per heavy atom. The summed E-state index contributed by atoms with van der Waals surface area (Å²) < 4.78 is 37.1. The molecule has 0 spiro atoms. The van der Waals surface area contributed by atoms with Crippen molar-refractivity contribution in [2.24, 2.45) is 0 Å². The molecule has 0 fully saturated rings. The van der Waals surface area contributed by atoms with E-state index in [2.05, 4.69) is 4.72 Å². The quantitative estimate of drug-likeness (QED) is 0.436. The Labute approximate surface area is 145 Å². The molecule has 2 aromatic rings. The fourth-order valence-electron chi connectivity index (χ4n) is 2.04. The van der Waals surface area contributed by atoms with E-state index in [1.54, 1.807) is 12.1 Å². The van der Waals surface area contributed by atoms with Crippen LogP contribution in [0, 0.1) is 17.0 Å². The van der Waals surface area contributed by atoms with Crippen LogP contribution in [-0.2, 0) is 10.0 Å². The summed E-state index contributed by atoms with van der Waals surface area (Å²) in [5.74, 6) is 0.622. The molecule has 0 saturated heterocycles. The van der Waals surface area contributed by atoms with Gasteiger partial charge in [0, 0.05) is 12.6 Å². The Kier molecular flexibility index (Phi) is 5.94. The summed E-state index contributed by atoms with van der Waals surface area (Å²) in [7, 11) is -2.62. The first-order chi connectivity index (χ1) is 11.8. The van der Waals surface area contributed by atoms with E-state index in [0.29, 0.717) is 5.75 Å². The Hall–Kier alpha value is -2.65. The minimum absolute atomic E-state index is 0.00773. The van der Waals surface area contributed by atoms with E-state index in [0.717, 1.165) is 11.6 Å². The molecule has 9 heteroatoms. The van der Waals surface area contributed by atoms with Gasteiger partial charge in [-0.1, -0.05) is 17.7 Å². The molecule has 2 aromatic carbocycles. The maximum atomic E-state index is 12.2. The summed E-state index contributed by atoms with van der Waals surface area (Å²) in [5, 5.41) is 11.0. The van der Waals surface area contributed by atoms with Gasteiger partial charge in [-0.2, -0.15) is 0 Å². The predicted octanol–water partition coefficient (Wildman–Crippen LogP) is 2.27. The highest BCUT2D eigenvalue weighted by atomic mass is 32.2. The van der Waals surface area contributed by atoms with Crippen molar-refractivity contribution in [3.05, 3.63) is 58.1 Å². The molecule has 0 atom stereocenters. The number of nitro benzene ring substituents is 1. The number of benzene rings is 2. The molecule has 2 rings (SSSR count). The first-order valence-corrected chi connectivity index (χ1v) is 8.83. The summed E-state index contributed by atoms with van der Waals surface area (Å²) in [4.78, 5) is 10.1. The smallest absolute Gasteiger partial charge is 0.312 e. The van der Waals surface area contributed by atoms with Gasteiger partial charge in [-0.05, 0) is 31.2 Å². The Bertz CT molecular complexity index is 849. The lowest BCUT2D eigenvalue weighted by Gasteiger charge is -2.09. The number of rotatable bonds is 8. The van der Waals surface area contributed by atoms with Crippen LogP contribution in [0.1, 0.15) is 5.56 Å². The van der Waals surface area contributed by atoms with E-state index in [1.165, 1.54) is 19.2 Å². The highest BCUT2D eigenvalue weighted by Crippen LogP contribution is 2.29. The maximum Gasteiger partial charge on any atom is 0.312 e. The molecule has 0 aliphatic heterocycles. The number of nitrogens with zero attached hydrogens (tertiary/aromatic N) is 1. The van der Waals surface area contributed by atoms with Gasteiger partial charge < -0.3 is 9.47 Å².